The van der Waals surface area contributed by atoms with E-state index < -0.39 is 0 Å². The minimum absolute atomic E-state index is 0.0125. The normalized spacial score (nSPS) is 18.3. The third kappa shape index (κ3) is 2.47. The van der Waals surface area contributed by atoms with Crippen molar-refractivity contribution in [1.29, 1.82) is 0 Å². The average molecular weight is 375 g/mol. The molecule has 0 radical (unpaired) electrons. The number of aromatic hydroxyl groups is 1. The molecule has 0 aliphatic carbocycles. The predicted octanol–water partition coefficient (Wildman–Crippen LogP) is 2.77. The highest BCUT2D eigenvalue weighted by atomic mass is 16.5. The molecule has 2 N–H and O–H groups in total. The summed E-state index contributed by atoms with van der Waals surface area (Å²) in [4.78, 5) is 30.4. The average Bonchev–Trinajstić information content (AvgIpc) is 2.69. The molecule has 0 saturated carbocycles. The smallest absolute Gasteiger partial charge is 0.264 e. The van der Waals surface area contributed by atoms with Gasteiger partial charge in [0.25, 0.3) is 5.91 Å². The Bertz CT molecular complexity index is 1160. The molecule has 1 atom stereocenters. The number of nitrogens with zero attached hydrogens (tertiary/aromatic N) is 2. The van der Waals surface area contributed by atoms with Crippen LogP contribution in [0.3, 0.4) is 0 Å². The molecule has 3 aromatic rings. The van der Waals surface area contributed by atoms with Crippen LogP contribution in [0.5, 0.6) is 11.5 Å². The number of rotatable bonds is 1. The number of pyridine rings is 1. The van der Waals surface area contributed by atoms with Crippen molar-refractivity contribution in [3.8, 4) is 11.5 Å². The number of aromatic nitrogens is 1. The zero-order valence-corrected chi connectivity index (χ0v) is 15.1. The molecule has 2 aliphatic heterocycles. The summed E-state index contributed by atoms with van der Waals surface area (Å²) in [6.45, 7) is -0.0125. The van der Waals surface area contributed by atoms with Crippen molar-refractivity contribution in [2.45, 2.75) is 12.3 Å². The Morgan fingerprint density at radius 2 is 2.07 bits per heavy atom. The molecule has 3 heterocycles. The van der Waals surface area contributed by atoms with Gasteiger partial charge in [0.15, 0.2) is 6.61 Å². The molecule has 2 amide bonds. The van der Waals surface area contributed by atoms with Gasteiger partial charge in [-0.2, -0.15) is 0 Å². The second kappa shape index (κ2) is 5.95. The number of amides is 2. The van der Waals surface area contributed by atoms with Crippen LogP contribution in [0, 0.1) is 0 Å². The first-order valence-corrected chi connectivity index (χ1v) is 8.97. The number of anilines is 2. The topological polar surface area (TPSA) is 91.8 Å². The van der Waals surface area contributed by atoms with Gasteiger partial charge in [-0.25, -0.2) is 4.98 Å². The molecular formula is C21H17N3O4. The number of carbonyl (C=O) groups excluding carboxylic acids is 2. The number of likely N-dealkylation sites (N-methyl/N-ethyl adjacent to an activating group) is 1. The predicted molar refractivity (Wildman–Crippen MR) is 104 cm³/mol. The number of phenols is 1. The summed E-state index contributed by atoms with van der Waals surface area (Å²) in [5, 5.41) is 13.9. The van der Waals surface area contributed by atoms with Gasteiger partial charge in [-0.05, 0) is 29.8 Å². The van der Waals surface area contributed by atoms with E-state index >= 15 is 0 Å². The number of para-hydroxylation sites is 1. The van der Waals surface area contributed by atoms with E-state index in [0.29, 0.717) is 28.3 Å². The maximum Gasteiger partial charge on any atom is 0.264 e. The number of nitrogens with one attached hydrogen (secondary N) is 1. The van der Waals surface area contributed by atoms with E-state index in [1.165, 1.54) is 4.90 Å². The van der Waals surface area contributed by atoms with E-state index in [4.69, 9.17) is 4.74 Å². The second-order valence-corrected chi connectivity index (χ2v) is 7.04. The number of hydrogen-bond acceptors (Lipinski definition) is 5. The summed E-state index contributed by atoms with van der Waals surface area (Å²) in [7, 11) is 1.69. The molecule has 28 heavy (non-hydrogen) atoms. The van der Waals surface area contributed by atoms with Crippen LogP contribution in [0.15, 0.2) is 42.5 Å². The molecule has 7 nitrogen and oxygen atoms in total. The van der Waals surface area contributed by atoms with E-state index in [9.17, 15) is 14.7 Å². The largest absolute Gasteiger partial charge is 0.506 e. The lowest BCUT2D eigenvalue weighted by Crippen LogP contribution is -2.36. The molecule has 2 aromatic carbocycles. The summed E-state index contributed by atoms with van der Waals surface area (Å²) in [6, 6.07) is 12.7. The summed E-state index contributed by atoms with van der Waals surface area (Å²) in [5.74, 6) is 0.170. The van der Waals surface area contributed by atoms with E-state index in [1.54, 1.807) is 25.2 Å². The Balaban J connectivity index is 1.66. The van der Waals surface area contributed by atoms with Gasteiger partial charge in [-0.15, -0.1) is 0 Å². The fourth-order valence-corrected chi connectivity index (χ4v) is 3.83. The Kier molecular flexibility index (Phi) is 3.52. The fraction of sp³-hybridized carbons (Fsp3) is 0.190. The van der Waals surface area contributed by atoms with Crippen LogP contribution in [-0.4, -0.2) is 35.6 Å². The first-order valence-electron chi connectivity index (χ1n) is 8.97. The van der Waals surface area contributed by atoms with E-state index in [0.717, 1.165) is 10.9 Å². The molecule has 0 fully saturated rings. The minimum Gasteiger partial charge on any atom is -0.506 e. The Morgan fingerprint density at radius 1 is 1.21 bits per heavy atom. The number of fused-ring (bicyclic) bond motifs is 3. The Hall–Kier alpha value is -3.61. The summed E-state index contributed by atoms with van der Waals surface area (Å²) in [6.07, 6.45) is 0.243. The standard InChI is InChI=1S/C21H17N3O4/c1-24-16-9-15-12(7-18(16)28-10-20(24)27)13(8-19(26)22-15)14-6-5-11-3-2-4-17(25)21(11)23-14/h2-7,9,13,25H,8,10H2,1H3,(H,22,26)/t13-/m0/s1. The van der Waals surface area contributed by atoms with Gasteiger partial charge in [0.1, 0.15) is 17.0 Å². The molecular weight excluding hydrogens is 358 g/mol. The number of benzene rings is 2. The third-order valence-electron chi connectivity index (χ3n) is 5.33. The van der Waals surface area contributed by atoms with E-state index in [2.05, 4.69) is 10.3 Å². The maximum absolute atomic E-state index is 12.4. The number of hydrogen-bond donors (Lipinski definition) is 2. The van der Waals surface area contributed by atoms with Crippen LogP contribution in [0.2, 0.25) is 0 Å². The highest BCUT2D eigenvalue weighted by Gasteiger charge is 2.32. The zero-order valence-electron chi connectivity index (χ0n) is 15.1. The highest BCUT2D eigenvalue weighted by molar-refractivity contribution is 6.01. The molecule has 1 aromatic heterocycles. The minimum atomic E-state index is -0.274. The molecule has 5 rings (SSSR count). The molecule has 0 saturated heterocycles. The third-order valence-corrected chi connectivity index (χ3v) is 5.33. The molecule has 140 valence electrons. The van der Waals surface area contributed by atoms with Gasteiger partial charge in [0.05, 0.1) is 5.69 Å². The van der Waals surface area contributed by atoms with Gasteiger partial charge in [-0.1, -0.05) is 18.2 Å². The first kappa shape index (κ1) is 16.6. The summed E-state index contributed by atoms with van der Waals surface area (Å²) in [5.41, 5.74) is 3.35. The van der Waals surface area contributed by atoms with Crippen molar-refractivity contribution in [1.82, 2.24) is 4.98 Å². The quantitative estimate of drug-likeness (QED) is 0.682. The van der Waals surface area contributed by atoms with Crippen molar-refractivity contribution < 1.29 is 19.4 Å². The van der Waals surface area contributed by atoms with Gasteiger partial charge in [0, 0.05) is 36.2 Å². The molecule has 2 aliphatic rings. The lowest BCUT2D eigenvalue weighted by molar-refractivity contribution is -0.121. The molecule has 0 spiro atoms. The monoisotopic (exact) mass is 375 g/mol. The van der Waals surface area contributed by atoms with Crippen LogP contribution >= 0.6 is 0 Å². The summed E-state index contributed by atoms with van der Waals surface area (Å²) >= 11 is 0. The summed E-state index contributed by atoms with van der Waals surface area (Å²) < 4.78 is 5.61. The lowest BCUT2D eigenvalue weighted by Gasteiger charge is -2.31. The first-order chi connectivity index (χ1) is 13.5. The molecule has 0 bridgehead atoms. The maximum atomic E-state index is 12.4. The van der Waals surface area contributed by atoms with Crippen molar-refractivity contribution in [2.24, 2.45) is 0 Å². The number of phenolic OH excluding ortho intramolecular Hbond substituents is 1. The number of carbonyl (C=O) groups is 2. The zero-order chi connectivity index (χ0) is 19.4. The van der Waals surface area contributed by atoms with Gasteiger partial charge < -0.3 is 20.1 Å². The highest BCUT2D eigenvalue weighted by Crippen LogP contribution is 2.44. The van der Waals surface area contributed by atoms with Crippen LogP contribution in [-0.2, 0) is 9.59 Å². The van der Waals surface area contributed by atoms with Crippen molar-refractivity contribution in [3.63, 3.8) is 0 Å². The van der Waals surface area contributed by atoms with Crippen LogP contribution in [0.4, 0.5) is 11.4 Å². The lowest BCUT2D eigenvalue weighted by atomic mass is 9.86. The molecule has 0 unspecified atom stereocenters. The fourth-order valence-electron chi connectivity index (χ4n) is 3.83. The second-order valence-electron chi connectivity index (χ2n) is 7.04. The van der Waals surface area contributed by atoms with Crippen LogP contribution in [0.25, 0.3) is 10.9 Å². The SMILES string of the molecule is CN1C(=O)COc2cc3c(cc21)NC(=O)C[C@@H]3c1ccc2cccc(O)c2n1. The van der Waals surface area contributed by atoms with E-state index in [1.807, 2.05) is 24.3 Å². The number of ether oxygens (including phenoxy) is 1. The van der Waals surface area contributed by atoms with Crippen molar-refractivity contribution >= 4 is 34.1 Å². The van der Waals surface area contributed by atoms with Gasteiger partial charge in [-0.3, -0.25) is 9.59 Å². The van der Waals surface area contributed by atoms with Gasteiger partial charge in [0.2, 0.25) is 5.91 Å². The molecule has 7 heteroatoms. The Labute approximate surface area is 160 Å². The Morgan fingerprint density at radius 3 is 2.93 bits per heavy atom. The van der Waals surface area contributed by atoms with Crippen LogP contribution < -0.4 is 15.0 Å². The van der Waals surface area contributed by atoms with Crippen molar-refractivity contribution in [2.75, 3.05) is 23.9 Å². The van der Waals surface area contributed by atoms with Crippen molar-refractivity contribution in [3.05, 3.63) is 53.7 Å². The van der Waals surface area contributed by atoms with Gasteiger partial charge >= 0.3 is 0 Å². The van der Waals surface area contributed by atoms with Crippen LogP contribution in [0.1, 0.15) is 23.6 Å². The van der Waals surface area contributed by atoms with E-state index in [-0.39, 0.29) is 36.5 Å².